The van der Waals surface area contributed by atoms with Crippen LogP contribution in [0.2, 0.25) is 0 Å². The van der Waals surface area contributed by atoms with Gasteiger partial charge in [-0.25, -0.2) is 13.6 Å². The number of primary sulfonamides is 1. The number of carbonyl (C=O) groups excluding carboxylic acids is 1. The van der Waals surface area contributed by atoms with Crippen LogP contribution < -0.4 is 20.9 Å². The number of nitrogens with one attached hydrogen (secondary N) is 1. The monoisotopic (exact) mass is 301 g/mol. The fraction of sp³-hybridized carbons (Fsp3) is 0.417. The minimum atomic E-state index is -3.87. The van der Waals surface area contributed by atoms with E-state index in [1.54, 1.807) is 0 Å². The maximum absolute atomic E-state index is 12.0. The number of nitrogens with two attached hydrogens (primary N) is 2. The summed E-state index contributed by atoms with van der Waals surface area (Å²) in [6, 6.07) is 3.83. The Balaban J connectivity index is 2.99. The summed E-state index contributed by atoms with van der Waals surface area (Å²) in [5.41, 5.74) is 5.70. The van der Waals surface area contributed by atoms with Crippen molar-refractivity contribution in [2.45, 2.75) is 24.3 Å². The van der Waals surface area contributed by atoms with Gasteiger partial charge in [0.2, 0.25) is 10.0 Å². The van der Waals surface area contributed by atoms with E-state index >= 15 is 0 Å². The Bertz CT molecular complexity index is 584. The smallest absolute Gasteiger partial charge is 0.255 e. The molecule has 7 nitrogen and oxygen atoms in total. The quantitative estimate of drug-likeness (QED) is 0.671. The van der Waals surface area contributed by atoms with Gasteiger partial charge in [0.1, 0.15) is 5.75 Å². The van der Waals surface area contributed by atoms with E-state index in [2.05, 4.69) is 5.32 Å². The van der Waals surface area contributed by atoms with E-state index in [-0.39, 0.29) is 22.3 Å². The summed E-state index contributed by atoms with van der Waals surface area (Å²) in [7, 11) is -2.48. The largest absolute Gasteiger partial charge is 0.496 e. The zero-order chi connectivity index (χ0) is 15.3. The van der Waals surface area contributed by atoms with Gasteiger partial charge in [0.25, 0.3) is 5.91 Å². The van der Waals surface area contributed by atoms with Gasteiger partial charge in [-0.3, -0.25) is 4.79 Å². The Labute approximate surface area is 118 Å². The summed E-state index contributed by atoms with van der Waals surface area (Å²) in [5.74, 6) is -0.163. The highest BCUT2D eigenvalue weighted by atomic mass is 32.2. The number of methoxy groups -OCH3 is 1. The molecule has 0 aliphatic heterocycles. The fourth-order valence-corrected chi connectivity index (χ4v) is 2.09. The van der Waals surface area contributed by atoms with Crippen molar-refractivity contribution in [3.63, 3.8) is 0 Å². The lowest BCUT2D eigenvalue weighted by Crippen LogP contribution is -2.29. The maximum atomic E-state index is 12.0. The minimum absolute atomic E-state index is 0.0343. The van der Waals surface area contributed by atoms with E-state index in [0.29, 0.717) is 13.0 Å². The van der Waals surface area contributed by atoms with Crippen LogP contribution in [0.1, 0.15) is 23.7 Å². The number of rotatable bonds is 6. The van der Waals surface area contributed by atoms with Gasteiger partial charge in [-0.15, -0.1) is 0 Å². The van der Waals surface area contributed by atoms with Gasteiger partial charge < -0.3 is 15.8 Å². The molecule has 0 spiro atoms. The van der Waals surface area contributed by atoms with Gasteiger partial charge in [0, 0.05) is 12.6 Å². The van der Waals surface area contributed by atoms with Crippen molar-refractivity contribution in [1.82, 2.24) is 5.32 Å². The molecule has 0 aliphatic carbocycles. The van der Waals surface area contributed by atoms with Gasteiger partial charge in [0.15, 0.2) is 0 Å². The molecule has 1 rings (SSSR count). The van der Waals surface area contributed by atoms with Crippen LogP contribution in [0.4, 0.5) is 0 Å². The topological polar surface area (TPSA) is 125 Å². The SMILES string of the molecule is COc1ccc(S(N)(=O)=O)cc1C(=O)NCCC(C)N. The van der Waals surface area contributed by atoms with E-state index in [9.17, 15) is 13.2 Å². The Hall–Kier alpha value is -1.64. The van der Waals surface area contributed by atoms with E-state index in [1.165, 1.54) is 25.3 Å². The van der Waals surface area contributed by atoms with E-state index in [1.807, 2.05) is 6.92 Å². The van der Waals surface area contributed by atoms with Crippen molar-refractivity contribution >= 4 is 15.9 Å². The predicted molar refractivity (Wildman–Crippen MR) is 75.0 cm³/mol. The Morgan fingerprint density at radius 3 is 2.60 bits per heavy atom. The highest BCUT2D eigenvalue weighted by Gasteiger charge is 2.17. The number of benzene rings is 1. The molecule has 0 fully saturated rings. The van der Waals surface area contributed by atoms with Gasteiger partial charge in [0.05, 0.1) is 17.6 Å². The first-order valence-corrected chi connectivity index (χ1v) is 7.55. The normalized spacial score (nSPS) is 12.8. The lowest BCUT2D eigenvalue weighted by Gasteiger charge is -2.11. The summed E-state index contributed by atoms with van der Waals surface area (Å²) >= 11 is 0. The molecule has 1 amide bonds. The second kappa shape index (κ2) is 6.69. The molecular weight excluding hydrogens is 282 g/mol. The van der Waals surface area contributed by atoms with Crippen LogP contribution in [0.15, 0.2) is 23.1 Å². The van der Waals surface area contributed by atoms with Crippen LogP contribution in [0.5, 0.6) is 5.75 Å². The highest BCUT2D eigenvalue weighted by Crippen LogP contribution is 2.21. The molecule has 1 atom stereocenters. The van der Waals surface area contributed by atoms with Gasteiger partial charge >= 0.3 is 0 Å². The molecule has 1 aromatic carbocycles. The van der Waals surface area contributed by atoms with Crippen molar-refractivity contribution in [2.75, 3.05) is 13.7 Å². The first-order chi connectivity index (χ1) is 9.25. The molecule has 0 aliphatic rings. The van der Waals surface area contributed by atoms with Crippen molar-refractivity contribution < 1.29 is 17.9 Å². The molecule has 8 heteroatoms. The molecule has 112 valence electrons. The van der Waals surface area contributed by atoms with Crippen molar-refractivity contribution in [2.24, 2.45) is 10.9 Å². The Morgan fingerprint density at radius 1 is 1.45 bits per heavy atom. The predicted octanol–water partition coefficient (Wildman–Crippen LogP) is -0.190. The highest BCUT2D eigenvalue weighted by molar-refractivity contribution is 7.89. The third-order valence-electron chi connectivity index (χ3n) is 2.63. The summed E-state index contributed by atoms with van der Waals surface area (Å²) in [4.78, 5) is 11.9. The molecule has 0 heterocycles. The van der Waals surface area contributed by atoms with Crippen LogP contribution in [0.25, 0.3) is 0 Å². The summed E-state index contributed by atoms with van der Waals surface area (Å²) in [5, 5.41) is 7.69. The van der Waals surface area contributed by atoms with Gasteiger partial charge in [-0.1, -0.05) is 0 Å². The zero-order valence-electron chi connectivity index (χ0n) is 11.4. The average Bonchev–Trinajstić information content (AvgIpc) is 2.36. The molecule has 0 saturated heterocycles. The van der Waals surface area contributed by atoms with E-state index in [4.69, 9.17) is 15.6 Å². The van der Waals surface area contributed by atoms with Crippen LogP contribution in [0, 0.1) is 0 Å². The molecule has 20 heavy (non-hydrogen) atoms. The van der Waals surface area contributed by atoms with Crippen molar-refractivity contribution in [1.29, 1.82) is 0 Å². The molecule has 5 N–H and O–H groups in total. The number of ether oxygens (including phenoxy) is 1. The molecule has 0 bridgehead atoms. The number of amides is 1. The molecular formula is C12H19N3O4S. The van der Waals surface area contributed by atoms with Crippen molar-refractivity contribution in [3.8, 4) is 5.75 Å². The van der Waals surface area contributed by atoms with Crippen molar-refractivity contribution in [3.05, 3.63) is 23.8 Å². The van der Waals surface area contributed by atoms with Crippen LogP contribution in [-0.2, 0) is 10.0 Å². The van der Waals surface area contributed by atoms with E-state index in [0.717, 1.165) is 0 Å². The minimum Gasteiger partial charge on any atom is -0.496 e. The number of carbonyl (C=O) groups is 1. The molecule has 0 radical (unpaired) electrons. The Morgan fingerprint density at radius 2 is 2.10 bits per heavy atom. The Kier molecular flexibility index (Phi) is 5.49. The lowest BCUT2D eigenvalue weighted by atomic mass is 10.2. The number of hydrogen-bond acceptors (Lipinski definition) is 5. The number of hydrogen-bond donors (Lipinski definition) is 3. The maximum Gasteiger partial charge on any atom is 0.255 e. The first kappa shape index (κ1) is 16.4. The van der Waals surface area contributed by atoms with Gasteiger partial charge in [-0.05, 0) is 31.5 Å². The summed E-state index contributed by atoms with van der Waals surface area (Å²) < 4.78 is 27.6. The second-order valence-electron chi connectivity index (χ2n) is 4.43. The zero-order valence-corrected chi connectivity index (χ0v) is 12.2. The molecule has 1 unspecified atom stereocenters. The summed E-state index contributed by atoms with van der Waals surface area (Å²) in [6.07, 6.45) is 0.614. The van der Waals surface area contributed by atoms with E-state index < -0.39 is 15.9 Å². The van der Waals surface area contributed by atoms with Crippen LogP contribution in [0.3, 0.4) is 0 Å². The third-order valence-corrected chi connectivity index (χ3v) is 3.54. The molecule has 0 saturated carbocycles. The second-order valence-corrected chi connectivity index (χ2v) is 5.99. The third kappa shape index (κ3) is 4.48. The van der Waals surface area contributed by atoms with Crippen LogP contribution in [-0.4, -0.2) is 34.0 Å². The molecule has 1 aromatic rings. The first-order valence-electron chi connectivity index (χ1n) is 6.00. The van der Waals surface area contributed by atoms with Crippen LogP contribution >= 0.6 is 0 Å². The lowest BCUT2D eigenvalue weighted by molar-refractivity contribution is 0.0949. The van der Waals surface area contributed by atoms with Gasteiger partial charge in [-0.2, -0.15) is 0 Å². The standard InChI is InChI=1S/C12H19N3O4S/c1-8(13)5-6-15-12(16)10-7-9(20(14,17)18)3-4-11(10)19-2/h3-4,7-8H,5-6,13H2,1-2H3,(H,15,16)(H2,14,17,18). The molecule has 0 aromatic heterocycles. The summed E-state index contributed by atoms with van der Waals surface area (Å²) in [6.45, 7) is 2.22. The average molecular weight is 301 g/mol. The fourth-order valence-electron chi connectivity index (χ4n) is 1.55. The number of sulfonamides is 1.